The molecule has 0 atom stereocenters. The second-order valence-electron chi connectivity index (χ2n) is 6.63. The van der Waals surface area contributed by atoms with Gasteiger partial charge < -0.3 is 10.1 Å². The van der Waals surface area contributed by atoms with Crippen LogP contribution in [0.5, 0.6) is 0 Å². The van der Waals surface area contributed by atoms with Crippen molar-refractivity contribution in [1.29, 1.82) is 5.26 Å². The molecule has 3 heterocycles. The predicted octanol–water partition coefficient (Wildman–Crippen LogP) is 2.61. The average molecular weight is 428 g/mol. The maximum Gasteiger partial charge on any atom is 0.348 e. The van der Waals surface area contributed by atoms with E-state index in [2.05, 4.69) is 16.4 Å². The van der Waals surface area contributed by atoms with Gasteiger partial charge in [-0.25, -0.2) is 9.78 Å². The first-order valence-corrected chi connectivity index (χ1v) is 10.5. The number of methoxy groups -OCH3 is 1. The summed E-state index contributed by atoms with van der Waals surface area (Å²) in [6.45, 7) is 1.42. The van der Waals surface area contributed by atoms with Crippen molar-refractivity contribution < 1.29 is 14.3 Å². The highest BCUT2D eigenvalue weighted by Gasteiger charge is 2.24. The van der Waals surface area contributed by atoms with Gasteiger partial charge in [-0.15, -0.1) is 22.7 Å². The molecular weight excluding hydrogens is 412 g/mol. The Morgan fingerprint density at radius 2 is 2.17 bits per heavy atom. The minimum atomic E-state index is -0.524. The summed E-state index contributed by atoms with van der Waals surface area (Å²) >= 11 is 2.51. The summed E-state index contributed by atoms with van der Waals surface area (Å²) < 4.78 is 5.94. The number of hydrogen-bond acceptors (Lipinski definition) is 8. The van der Waals surface area contributed by atoms with Gasteiger partial charge in [-0.05, 0) is 37.3 Å². The zero-order valence-electron chi connectivity index (χ0n) is 15.7. The zero-order valence-corrected chi connectivity index (χ0v) is 17.3. The molecule has 8 nitrogen and oxygen atoms in total. The molecule has 1 N–H and O–H groups in total. The number of aryl methyl sites for hydroxylation is 2. The standard InChI is InChI=1S/C19H16N4O4S2/c1-9-14-17(29-15(9)19(26)27-2)21-8-23(18(14)25)7-13(24)22-16-11(6-20)10-4-3-5-12(10)28-16/h8H,3-5,7H2,1-2H3,(H,22,24). The van der Waals surface area contributed by atoms with Crippen molar-refractivity contribution in [2.24, 2.45) is 0 Å². The van der Waals surface area contributed by atoms with Gasteiger partial charge in [-0.3, -0.25) is 14.2 Å². The van der Waals surface area contributed by atoms with E-state index < -0.39 is 17.4 Å². The van der Waals surface area contributed by atoms with E-state index in [4.69, 9.17) is 4.74 Å². The highest BCUT2D eigenvalue weighted by molar-refractivity contribution is 7.20. The smallest absolute Gasteiger partial charge is 0.348 e. The molecule has 1 aliphatic rings. The molecule has 0 radical (unpaired) electrons. The Morgan fingerprint density at radius 1 is 1.38 bits per heavy atom. The van der Waals surface area contributed by atoms with Gasteiger partial charge in [0.05, 0.1) is 24.4 Å². The lowest BCUT2D eigenvalue weighted by atomic mass is 10.1. The Labute approximate surface area is 173 Å². The van der Waals surface area contributed by atoms with Gasteiger partial charge in [-0.1, -0.05) is 0 Å². The maximum atomic E-state index is 12.8. The second kappa shape index (κ2) is 7.42. The Balaban J connectivity index is 1.62. The van der Waals surface area contributed by atoms with Crippen LogP contribution in [0.3, 0.4) is 0 Å². The molecule has 1 amide bonds. The molecule has 0 saturated carbocycles. The fourth-order valence-electron chi connectivity index (χ4n) is 3.49. The fourth-order valence-corrected chi connectivity index (χ4v) is 5.80. The molecule has 3 aromatic rings. The molecule has 148 valence electrons. The number of thiophene rings is 2. The molecule has 3 aromatic heterocycles. The number of nitriles is 1. The van der Waals surface area contributed by atoms with Crippen LogP contribution in [-0.4, -0.2) is 28.5 Å². The van der Waals surface area contributed by atoms with Crippen LogP contribution in [0.4, 0.5) is 5.00 Å². The topological polar surface area (TPSA) is 114 Å². The molecule has 0 saturated heterocycles. The molecule has 0 fully saturated rings. The van der Waals surface area contributed by atoms with E-state index in [1.54, 1.807) is 6.92 Å². The number of amides is 1. The van der Waals surface area contributed by atoms with Crippen molar-refractivity contribution in [2.45, 2.75) is 32.7 Å². The molecule has 4 rings (SSSR count). The van der Waals surface area contributed by atoms with E-state index in [1.807, 2.05) is 0 Å². The fraction of sp³-hybridized carbons (Fsp3) is 0.316. The quantitative estimate of drug-likeness (QED) is 0.639. The Hall–Kier alpha value is -3.03. The lowest BCUT2D eigenvalue weighted by Gasteiger charge is -2.07. The number of nitrogens with one attached hydrogen (secondary N) is 1. The van der Waals surface area contributed by atoms with E-state index in [0.29, 0.717) is 31.2 Å². The van der Waals surface area contributed by atoms with Crippen LogP contribution in [-0.2, 0) is 28.9 Å². The number of ether oxygens (including phenoxy) is 1. The highest BCUT2D eigenvalue weighted by Crippen LogP contribution is 2.38. The Bertz CT molecular complexity index is 1260. The average Bonchev–Trinajstić information content (AvgIpc) is 3.36. The molecule has 0 bridgehead atoms. The summed E-state index contributed by atoms with van der Waals surface area (Å²) in [5.41, 5.74) is 1.64. The number of anilines is 1. The molecule has 1 aliphatic carbocycles. The second-order valence-corrected chi connectivity index (χ2v) is 8.73. The van der Waals surface area contributed by atoms with E-state index in [9.17, 15) is 19.6 Å². The van der Waals surface area contributed by atoms with E-state index in [-0.39, 0.29) is 6.54 Å². The lowest BCUT2D eigenvalue weighted by Crippen LogP contribution is -2.27. The summed E-state index contributed by atoms with van der Waals surface area (Å²) in [5.74, 6) is -0.935. The summed E-state index contributed by atoms with van der Waals surface area (Å²) in [6, 6.07) is 2.18. The number of carbonyl (C=O) groups excluding carboxylic acids is 2. The van der Waals surface area contributed by atoms with Crippen molar-refractivity contribution in [3.05, 3.63) is 43.1 Å². The molecule has 29 heavy (non-hydrogen) atoms. The number of carbonyl (C=O) groups is 2. The van der Waals surface area contributed by atoms with Crippen LogP contribution in [0, 0.1) is 18.3 Å². The van der Waals surface area contributed by atoms with Gasteiger partial charge in [0.15, 0.2) is 0 Å². The van der Waals surface area contributed by atoms with Crippen LogP contribution in [0.15, 0.2) is 11.1 Å². The first-order valence-electron chi connectivity index (χ1n) is 8.86. The Kier molecular flexibility index (Phi) is 4.94. The van der Waals surface area contributed by atoms with Crippen molar-refractivity contribution in [2.75, 3.05) is 12.4 Å². The van der Waals surface area contributed by atoms with Gasteiger partial charge in [0.25, 0.3) is 5.56 Å². The van der Waals surface area contributed by atoms with Gasteiger partial charge >= 0.3 is 5.97 Å². The Morgan fingerprint density at radius 3 is 2.90 bits per heavy atom. The minimum Gasteiger partial charge on any atom is -0.465 e. The predicted molar refractivity (Wildman–Crippen MR) is 110 cm³/mol. The third-order valence-electron chi connectivity index (χ3n) is 4.89. The SMILES string of the molecule is COC(=O)c1sc2ncn(CC(=O)Nc3sc4c(c3C#N)CCC4)c(=O)c2c1C. The third kappa shape index (κ3) is 3.22. The van der Waals surface area contributed by atoms with E-state index in [0.717, 1.165) is 41.0 Å². The zero-order chi connectivity index (χ0) is 20.7. The number of fused-ring (bicyclic) bond motifs is 2. The summed E-state index contributed by atoms with van der Waals surface area (Å²) in [4.78, 5) is 43.3. The molecule has 0 spiro atoms. The number of nitrogens with zero attached hydrogens (tertiary/aromatic N) is 3. The van der Waals surface area contributed by atoms with Gasteiger partial charge in [0.1, 0.15) is 27.3 Å². The summed E-state index contributed by atoms with van der Waals surface area (Å²) in [7, 11) is 1.28. The maximum absolute atomic E-state index is 12.8. The first-order chi connectivity index (χ1) is 13.9. The van der Waals surface area contributed by atoms with Crippen LogP contribution in [0.1, 0.15) is 37.7 Å². The number of esters is 1. The van der Waals surface area contributed by atoms with Gasteiger partial charge in [0.2, 0.25) is 5.91 Å². The van der Waals surface area contributed by atoms with Gasteiger partial charge in [-0.2, -0.15) is 5.26 Å². The van der Waals surface area contributed by atoms with Crippen molar-refractivity contribution in [3.8, 4) is 6.07 Å². The first kappa shape index (κ1) is 19.3. The minimum absolute atomic E-state index is 0.238. The normalized spacial score (nSPS) is 12.6. The molecule has 10 heteroatoms. The van der Waals surface area contributed by atoms with Crippen molar-refractivity contribution in [1.82, 2.24) is 9.55 Å². The summed E-state index contributed by atoms with van der Waals surface area (Å²) in [6.07, 6.45) is 4.09. The van der Waals surface area contributed by atoms with Gasteiger partial charge in [0, 0.05) is 4.88 Å². The van der Waals surface area contributed by atoms with Crippen LogP contribution in [0.2, 0.25) is 0 Å². The van der Waals surface area contributed by atoms with Crippen LogP contribution in [0.25, 0.3) is 10.2 Å². The monoisotopic (exact) mass is 428 g/mol. The highest BCUT2D eigenvalue weighted by atomic mass is 32.1. The number of aromatic nitrogens is 2. The van der Waals surface area contributed by atoms with E-state index in [1.165, 1.54) is 29.3 Å². The molecule has 0 unspecified atom stereocenters. The number of rotatable bonds is 4. The van der Waals surface area contributed by atoms with Crippen LogP contribution >= 0.6 is 22.7 Å². The van der Waals surface area contributed by atoms with Crippen LogP contribution < -0.4 is 10.9 Å². The molecular formula is C19H16N4O4S2. The van der Waals surface area contributed by atoms with Crippen molar-refractivity contribution >= 4 is 49.8 Å². The van der Waals surface area contributed by atoms with E-state index >= 15 is 0 Å². The van der Waals surface area contributed by atoms with Crippen molar-refractivity contribution in [3.63, 3.8) is 0 Å². The lowest BCUT2D eigenvalue weighted by molar-refractivity contribution is -0.116. The largest absolute Gasteiger partial charge is 0.465 e. The third-order valence-corrected chi connectivity index (χ3v) is 7.28. The molecule has 0 aromatic carbocycles. The molecule has 0 aliphatic heterocycles. The summed E-state index contributed by atoms with van der Waals surface area (Å²) in [5, 5.41) is 13.0. The number of hydrogen-bond donors (Lipinski definition) is 1.